The molecule has 1 N–H and O–H groups in total. The Kier molecular flexibility index (Phi) is 5.56. The standard InChI is InChI=1S/C17H30BrNO/c1-14(2)12-16(8-6-7-9-16)15(20)19-17(13-18)10-4-3-5-11-17/h14H,3-13H2,1-2H3,(H,19,20). The molecule has 2 aliphatic rings. The summed E-state index contributed by atoms with van der Waals surface area (Å²) in [6.45, 7) is 4.49. The Morgan fingerprint density at radius 1 is 1.05 bits per heavy atom. The van der Waals surface area contributed by atoms with E-state index in [1.807, 2.05) is 0 Å². The number of halogens is 1. The highest BCUT2D eigenvalue weighted by atomic mass is 79.9. The first-order chi connectivity index (χ1) is 9.52. The Hall–Kier alpha value is -0.0500. The normalized spacial score (nSPS) is 24.8. The van der Waals surface area contributed by atoms with Crippen molar-refractivity contribution in [1.82, 2.24) is 5.32 Å². The molecular weight excluding hydrogens is 314 g/mol. The quantitative estimate of drug-likeness (QED) is 0.713. The number of hydrogen-bond acceptors (Lipinski definition) is 1. The van der Waals surface area contributed by atoms with Gasteiger partial charge in [0.05, 0.1) is 0 Å². The summed E-state index contributed by atoms with van der Waals surface area (Å²) < 4.78 is 0. The van der Waals surface area contributed by atoms with Crippen molar-refractivity contribution in [3.8, 4) is 0 Å². The summed E-state index contributed by atoms with van der Waals surface area (Å²) in [5.74, 6) is 0.954. The van der Waals surface area contributed by atoms with Crippen LogP contribution >= 0.6 is 15.9 Å². The summed E-state index contributed by atoms with van der Waals surface area (Å²) >= 11 is 3.66. The van der Waals surface area contributed by atoms with E-state index in [-0.39, 0.29) is 11.0 Å². The lowest BCUT2D eigenvalue weighted by Gasteiger charge is -2.40. The minimum absolute atomic E-state index is 0.0297. The van der Waals surface area contributed by atoms with Gasteiger partial charge in [-0.2, -0.15) is 0 Å². The van der Waals surface area contributed by atoms with E-state index < -0.39 is 0 Å². The summed E-state index contributed by atoms with van der Waals surface area (Å²) in [6.07, 6.45) is 11.8. The molecule has 2 saturated carbocycles. The third-order valence-corrected chi connectivity index (χ3v) is 6.36. The largest absolute Gasteiger partial charge is 0.349 e. The van der Waals surface area contributed by atoms with Crippen molar-refractivity contribution in [2.45, 2.75) is 83.6 Å². The van der Waals surface area contributed by atoms with Crippen LogP contribution in [0.25, 0.3) is 0 Å². The van der Waals surface area contributed by atoms with E-state index in [4.69, 9.17) is 0 Å². The second-order valence-corrected chi connectivity index (χ2v) is 8.07. The minimum atomic E-state index is -0.0687. The van der Waals surface area contributed by atoms with E-state index in [0.717, 1.165) is 37.4 Å². The molecule has 0 aromatic carbocycles. The van der Waals surface area contributed by atoms with Crippen molar-refractivity contribution in [1.29, 1.82) is 0 Å². The SMILES string of the molecule is CC(C)CC1(C(=O)NC2(CBr)CCCCC2)CCCC1. The molecule has 0 saturated heterocycles. The van der Waals surface area contributed by atoms with Gasteiger partial charge in [0.1, 0.15) is 0 Å². The Bertz CT molecular complexity index is 328. The van der Waals surface area contributed by atoms with Crippen molar-refractivity contribution in [2.75, 3.05) is 5.33 Å². The molecule has 0 spiro atoms. The predicted octanol–water partition coefficient (Wildman–Crippen LogP) is 4.81. The molecule has 0 bridgehead atoms. The number of rotatable bonds is 5. The molecule has 116 valence electrons. The molecule has 0 unspecified atom stereocenters. The maximum atomic E-state index is 13.0. The monoisotopic (exact) mass is 343 g/mol. The van der Waals surface area contributed by atoms with E-state index >= 15 is 0 Å². The molecule has 0 aliphatic heterocycles. The highest BCUT2D eigenvalue weighted by Crippen LogP contribution is 2.44. The molecule has 2 nitrogen and oxygen atoms in total. The molecule has 0 heterocycles. The number of carbonyl (C=O) groups is 1. The number of nitrogens with one attached hydrogen (secondary N) is 1. The van der Waals surface area contributed by atoms with Gasteiger partial charge in [-0.25, -0.2) is 0 Å². The molecule has 3 heteroatoms. The zero-order valence-electron chi connectivity index (χ0n) is 13.1. The lowest BCUT2D eigenvalue weighted by atomic mass is 9.76. The first kappa shape index (κ1) is 16.3. The summed E-state index contributed by atoms with van der Waals surface area (Å²) in [7, 11) is 0. The molecule has 0 aromatic heterocycles. The lowest BCUT2D eigenvalue weighted by Crippen LogP contribution is -2.55. The smallest absolute Gasteiger partial charge is 0.226 e. The topological polar surface area (TPSA) is 29.1 Å². The van der Waals surface area contributed by atoms with Gasteiger partial charge in [-0.15, -0.1) is 0 Å². The average molecular weight is 344 g/mol. The molecule has 0 atom stereocenters. The fourth-order valence-electron chi connectivity index (χ4n) is 4.25. The summed E-state index contributed by atoms with van der Waals surface area (Å²) in [5.41, 5.74) is -0.0390. The zero-order chi connectivity index (χ0) is 14.6. The maximum absolute atomic E-state index is 13.0. The van der Waals surface area contributed by atoms with Crippen LogP contribution in [0.15, 0.2) is 0 Å². The number of amides is 1. The Labute approximate surface area is 132 Å². The van der Waals surface area contributed by atoms with Crippen LogP contribution in [-0.4, -0.2) is 16.8 Å². The van der Waals surface area contributed by atoms with Crippen molar-refractivity contribution >= 4 is 21.8 Å². The second-order valence-electron chi connectivity index (χ2n) is 7.51. The lowest BCUT2D eigenvalue weighted by molar-refractivity contribution is -0.134. The van der Waals surface area contributed by atoms with Crippen LogP contribution in [0, 0.1) is 11.3 Å². The third-order valence-electron chi connectivity index (χ3n) is 5.29. The van der Waals surface area contributed by atoms with Gasteiger partial charge in [0.15, 0.2) is 0 Å². The van der Waals surface area contributed by atoms with Crippen LogP contribution in [0.2, 0.25) is 0 Å². The second kappa shape index (κ2) is 6.81. The molecular formula is C17H30BrNO. The average Bonchev–Trinajstić information content (AvgIpc) is 2.89. The summed E-state index contributed by atoms with van der Waals surface area (Å²) in [5, 5.41) is 4.39. The zero-order valence-corrected chi connectivity index (χ0v) is 14.7. The predicted molar refractivity (Wildman–Crippen MR) is 88.1 cm³/mol. The van der Waals surface area contributed by atoms with Crippen LogP contribution in [-0.2, 0) is 4.79 Å². The van der Waals surface area contributed by atoms with E-state index in [2.05, 4.69) is 35.1 Å². The molecule has 2 fully saturated rings. The van der Waals surface area contributed by atoms with E-state index in [1.165, 1.54) is 32.1 Å². The highest BCUT2D eigenvalue weighted by molar-refractivity contribution is 9.09. The van der Waals surface area contributed by atoms with Crippen LogP contribution in [0.3, 0.4) is 0 Å². The molecule has 20 heavy (non-hydrogen) atoms. The van der Waals surface area contributed by atoms with Crippen LogP contribution in [0.1, 0.15) is 78.1 Å². The van der Waals surface area contributed by atoms with Gasteiger partial charge in [0.2, 0.25) is 5.91 Å². The van der Waals surface area contributed by atoms with Crippen molar-refractivity contribution in [3.63, 3.8) is 0 Å². The van der Waals surface area contributed by atoms with Gasteiger partial charge in [-0.1, -0.05) is 61.9 Å². The van der Waals surface area contributed by atoms with E-state index in [9.17, 15) is 4.79 Å². The van der Waals surface area contributed by atoms with Crippen molar-refractivity contribution in [2.24, 2.45) is 11.3 Å². The van der Waals surface area contributed by atoms with Gasteiger partial charge >= 0.3 is 0 Å². The number of hydrogen-bond donors (Lipinski definition) is 1. The van der Waals surface area contributed by atoms with Gasteiger partial charge in [0.25, 0.3) is 0 Å². The van der Waals surface area contributed by atoms with Gasteiger partial charge in [-0.3, -0.25) is 4.79 Å². The van der Waals surface area contributed by atoms with E-state index in [0.29, 0.717) is 11.8 Å². The number of alkyl halides is 1. The highest BCUT2D eigenvalue weighted by Gasteiger charge is 2.44. The van der Waals surface area contributed by atoms with Gasteiger partial charge < -0.3 is 5.32 Å². The molecule has 0 aromatic rings. The minimum Gasteiger partial charge on any atom is -0.349 e. The van der Waals surface area contributed by atoms with Crippen molar-refractivity contribution in [3.05, 3.63) is 0 Å². The Morgan fingerprint density at radius 3 is 2.10 bits per heavy atom. The Balaban J connectivity index is 2.07. The molecule has 2 rings (SSSR count). The summed E-state index contributed by atoms with van der Waals surface area (Å²) in [4.78, 5) is 13.0. The molecule has 2 aliphatic carbocycles. The summed E-state index contributed by atoms with van der Waals surface area (Å²) in [6, 6.07) is 0. The van der Waals surface area contributed by atoms with Gasteiger partial charge in [-0.05, 0) is 38.0 Å². The molecule has 1 amide bonds. The Morgan fingerprint density at radius 2 is 1.60 bits per heavy atom. The fraction of sp³-hybridized carbons (Fsp3) is 0.941. The van der Waals surface area contributed by atoms with Crippen LogP contribution < -0.4 is 5.32 Å². The van der Waals surface area contributed by atoms with Crippen molar-refractivity contribution < 1.29 is 4.79 Å². The maximum Gasteiger partial charge on any atom is 0.226 e. The van der Waals surface area contributed by atoms with Gasteiger partial charge in [0, 0.05) is 16.3 Å². The number of carbonyl (C=O) groups excluding carboxylic acids is 1. The van der Waals surface area contributed by atoms with E-state index in [1.54, 1.807) is 0 Å². The first-order valence-electron chi connectivity index (χ1n) is 8.41. The third kappa shape index (κ3) is 3.58. The first-order valence-corrected chi connectivity index (χ1v) is 9.53. The fourth-order valence-corrected chi connectivity index (χ4v) is 4.95. The van der Waals surface area contributed by atoms with Crippen LogP contribution in [0.5, 0.6) is 0 Å². The molecule has 0 radical (unpaired) electrons. The van der Waals surface area contributed by atoms with Crippen LogP contribution in [0.4, 0.5) is 0 Å².